The molecule has 0 aliphatic carbocycles. The lowest BCUT2D eigenvalue weighted by Gasteiger charge is -2.05. The number of hydrogen-bond acceptors (Lipinski definition) is 1. The molecule has 0 saturated heterocycles. The molecule has 1 N–H and O–H groups in total. The normalized spacial score (nSPS) is 10.6. The molecule has 0 saturated carbocycles. The molecule has 15 heavy (non-hydrogen) atoms. The van der Waals surface area contributed by atoms with E-state index in [-0.39, 0.29) is 0 Å². The largest absolute Gasteiger partial charge is 0.478 e. The van der Waals surface area contributed by atoms with Gasteiger partial charge in [-0.3, -0.25) is 0 Å². The zero-order valence-corrected chi connectivity index (χ0v) is 9.36. The first-order valence-corrected chi connectivity index (χ1v) is 5.42. The van der Waals surface area contributed by atoms with Crippen LogP contribution in [-0.4, -0.2) is 11.1 Å². The zero-order chi connectivity index (χ0) is 11.3. The number of rotatable bonds is 5. The second-order valence-corrected chi connectivity index (χ2v) is 4.29. The minimum Gasteiger partial charge on any atom is -0.478 e. The third kappa shape index (κ3) is 4.15. The summed E-state index contributed by atoms with van der Waals surface area (Å²) in [6.45, 7) is 4.40. The lowest BCUT2D eigenvalue weighted by Crippen LogP contribution is -1.97. The number of aromatic carboxylic acids is 1. The van der Waals surface area contributed by atoms with E-state index in [4.69, 9.17) is 5.11 Å². The summed E-state index contributed by atoms with van der Waals surface area (Å²) >= 11 is 0. The summed E-state index contributed by atoms with van der Waals surface area (Å²) in [4.78, 5) is 10.7. The van der Waals surface area contributed by atoms with Crippen LogP contribution in [0, 0.1) is 5.92 Å². The average Bonchev–Trinajstić information content (AvgIpc) is 2.17. The Morgan fingerprint density at radius 2 is 2.13 bits per heavy atom. The molecule has 2 nitrogen and oxygen atoms in total. The fraction of sp³-hybridized carbons (Fsp3) is 0.462. The standard InChI is InChI=1S/C13H18O2/c1-10(2)5-3-6-11-7-4-8-12(9-11)13(14)15/h4,7-10H,3,5-6H2,1-2H3,(H,14,15). The van der Waals surface area contributed by atoms with Crippen molar-refractivity contribution in [3.63, 3.8) is 0 Å². The van der Waals surface area contributed by atoms with Gasteiger partial charge in [0.25, 0.3) is 0 Å². The van der Waals surface area contributed by atoms with Crippen LogP contribution in [0.15, 0.2) is 24.3 Å². The first-order chi connectivity index (χ1) is 7.09. The zero-order valence-electron chi connectivity index (χ0n) is 9.36. The Balaban J connectivity index is 2.54. The van der Waals surface area contributed by atoms with Crippen LogP contribution in [0.2, 0.25) is 0 Å². The summed E-state index contributed by atoms with van der Waals surface area (Å²) in [5.41, 5.74) is 1.51. The minimum absolute atomic E-state index is 0.386. The molecular weight excluding hydrogens is 188 g/mol. The van der Waals surface area contributed by atoms with E-state index in [0.717, 1.165) is 18.4 Å². The van der Waals surface area contributed by atoms with Gasteiger partial charge in [0.05, 0.1) is 5.56 Å². The predicted octanol–water partition coefficient (Wildman–Crippen LogP) is 3.36. The molecule has 0 aliphatic heterocycles. The third-order valence-corrected chi connectivity index (χ3v) is 2.42. The van der Waals surface area contributed by atoms with Crippen LogP contribution in [0.4, 0.5) is 0 Å². The molecule has 0 heterocycles. The van der Waals surface area contributed by atoms with Crippen LogP contribution in [-0.2, 0) is 6.42 Å². The van der Waals surface area contributed by atoms with Crippen LogP contribution in [0.3, 0.4) is 0 Å². The highest BCUT2D eigenvalue weighted by Gasteiger charge is 2.03. The number of carbonyl (C=O) groups is 1. The fourth-order valence-electron chi connectivity index (χ4n) is 1.57. The van der Waals surface area contributed by atoms with Crippen molar-refractivity contribution in [2.75, 3.05) is 0 Å². The van der Waals surface area contributed by atoms with Crippen LogP contribution < -0.4 is 0 Å². The molecule has 0 aliphatic rings. The maximum absolute atomic E-state index is 10.7. The molecule has 82 valence electrons. The summed E-state index contributed by atoms with van der Waals surface area (Å²) in [6.07, 6.45) is 3.29. The Hall–Kier alpha value is -1.31. The highest BCUT2D eigenvalue weighted by Crippen LogP contribution is 2.11. The summed E-state index contributed by atoms with van der Waals surface area (Å²) in [6, 6.07) is 7.21. The van der Waals surface area contributed by atoms with E-state index in [2.05, 4.69) is 13.8 Å². The number of hydrogen-bond donors (Lipinski definition) is 1. The van der Waals surface area contributed by atoms with Crippen molar-refractivity contribution < 1.29 is 9.90 Å². The molecular formula is C13H18O2. The SMILES string of the molecule is CC(C)CCCc1cccc(C(=O)O)c1. The molecule has 1 aromatic rings. The van der Waals surface area contributed by atoms with Crippen LogP contribution in [0.5, 0.6) is 0 Å². The number of carboxylic acid groups (broad SMARTS) is 1. The van der Waals surface area contributed by atoms with Crippen LogP contribution >= 0.6 is 0 Å². The van der Waals surface area contributed by atoms with Crippen molar-refractivity contribution in [2.45, 2.75) is 33.1 Å². The average molecular weight is 206 g/mol. The second-order valence-electron chi connectivity index (χ2n) is 4.29. The Kier molecular flexibility index (Phi) is 4.35. The van der Waals surface area contributed by atoms with E-state index in [1.165, 1.54) is 6.42 Å². The Bertz CT molecular complexity index is 329. The van der Waals surface area contributed by atoms with Gasteiger partial charge in [0.2, 0.25) is 0 Å². The first-order valence-electron chi connectivity index (χ1n) is 5.42. The van der Waals surface area contributed by atoms with E-state index in [1.807, 2.05) is 12.1 Å². The summed E-state index contributed by atoms with van der Waals surface area (Å²) in [7, 11) is 0. The number of carboxylic acids is 1. The highest BCUT2D eigenvalue weighted by molar-refractivity contribution is 5.87. The lowest BCUT2D eigenvalue weighted by molar-refractivity contribution is 0.0697. The Morgan fingerprint density at radius 3 is 2.73 bits per heavy atom. The Morgan fingerprint density at radius 1 is 1.40 bits per heavy atom. The van der Waals surface area contributed by atoms with Crippen molar-refractivity contribution in [3.05, 3.63) is 35.4 Å². The van der Waals surface area contributed by atoms with Gasteiger partial charge in [-0.05, 0) is 36.5 Å². The van der Waals surface area contributed by atoms with Gasteiger partial charge in [-0.2, -0.15) is 0 Å². The smallest absolute Gasteiger partial charge is 0.335 e. The van der Waals surface area contributed by atoms with Gasteiger partial charge in [-0.15, -0.1) is 0 Å². The van der Waals surface area contributed by atoms with E-state index in [1.54, 1.807) is 12.1 Å². The van der Waals surface area contributed by atoms with Crippen molar-refractivity contribution >= 4 is 5.97 Å². The molecule has 0 radical (unpaired) electrons. The number of benzene rings is 1. The topological polar surface area (TPSA) is 37.3 Å². The summed E-state index contributed by atoms with van der Waals surface area (Å²) in [5.74, 6) is -0.131. The first kappa shape index (κ1) is 11.8. The fourth-order valence-corrected chi connectivity index (χ4v) is 1.57. The van der Waals surface area contributed by atoms with Gasteiger partial charge < -0.3 is 5.11 Å². The van der Waals surface area contributed by atoms with E-state index >= 15 is 0 Å². The number of aryl methyl sites for hydroxylation is 1. The van der Waals surface area contributed by atoms with Crippen LogP contribution in [0.25, 0.3) is 0 Å². The van der Waals surface area contributed by atoms with Crippen molar-refractivity contribution in [1.82, 2.24) is 0 Å². The molecule has 1 rings (SSSR count). The third-order valence-electron chi connectivity index (χ3n) is 2.42. The molecule has 2 heteroatoms. The predicted molar refractivity (Wildman–Crippen MR) is 61.2 cm³/mol. The van der Waals surface area contributed by atoms with E-state index in [0.29, 0.717) is 11.5 Å². The second kappa shape index (κ2) is 5.54. The summed E-state index contributed by atoms with van der Waals surface area (Å²) < 4.78 is 0. The van der Waals surface area contributed by atoms with Crippen LogP contribution in [0.1, 0.15) is 42.6 Å². The molecule has 0 amide bonds. The van der Waals surface area contributed by atoms with Crippen molar-refractivity contribution in [2.24, 2.45) is 5.92 Å². The van der Waals surface area contributed by atoms with Crippen molar-refractivity contribution in [1.29, 1.82) is 0 Å². The van der Waals surface area contributed by atoms with Gasteiger partial charge in [0.15, 0.2) is 0 Å². The summed E-state index contributed by atoms with van der Waals surface area (Å²) in [5, 5.41) is 8.82. The van der Waals surface area contributed by atoms with Gasteiger partial charge in [0.1, 0.15) is 0 Å². The highest BCUT2D eigenvalue weighted by atomic mass is 16.4. The Labute approximate surface area is 90.9 Å². The van der Waals surface area contributed by atoms with E-state index in [9.17, 15) is 4.79 Å². The van der Waals surface area contributed by atoms with Gasteiger partial charge in [-0.25, -0.2) is 4.79 Å². The molecule has 0 aromatic heterocycles. The quantitative estimate of drug-likeness (QED) is 0.802. The maximum Gasteiger partial charge on any atom is 0.335 e. The molecule has 0 atom stereocenters. The van der Waals surface area contributed by atoms with Gasteiger partial charge >= 0.3 is 5.97 Å². The maximum atomic E-state index is 10.7. The molecule has 0 spiro atoms. The minimum atomic E-state index is -0.847. The monoisotopic (exact) mass is 206 g/mol. The van der Waals surface area contributed by atoms with Crippen molar-refractivity contribution in [3.8, 4) is 0 Å². The molecule has 0 unspecified atom stereocenters. The van der Waals surface area contributed by atoms with E-state index < -0.39 is 5.97 Å². The van der Waals surface area contributed by atoms with Gasteiger partial charge in [-0.1, -0.05) is 32.4 Å². The molecule has 0 bridgehead atoms. The van der Waals surface area contributed by atoms with Gasteiger partial charge in [0, 0.05) is 0 Å². The molecule has 0 fully saturated rings. The molecule has 1 aromatic carbocycles. The lowest BCUT2D eigenvalue weighted by atomic mass is 10.0.